The van der Waals surface area contributed by atoms with E-state index >= 15 is 0 Å². The van der Waals surface area contributed by atoms with E-state index in [0.29, 0.717) is 33.7 Å². The van der Waals surface area contributed by atoms with E-state index in [9.17, 15) is 19.5 Å². The summed E-state index contributed by atoms with van der Waals surface area (Å²) in [6.45, 7) is 1.26. The molecule has 5 aromatic heterocycles. The molecule has 18 heteroatoms. The maximum absolute atomic E-state index is 11.6. The lowest BCUT2D eigenvalue weighted by Crippen LogP contribution is -2.33. The molecule has 1 fully saturated rings. The molecule has 0 unspecified atom stereocenters. The highest BCUT2D eigenvalue weighted by Gasteiger charge is 2.34. The molecule has 10 N–H and O–H groups in total. The molecule has 18 nitrogen and oxygen atoms in total. The quantitative estimate of drug-likeness (QED) is 0.119. The molecule has 0 saturated carbocycles. The third-order valence-electron chi connectivity index (χ3n) is 5.41. The molecule has 1 aliphatic rings. The third-order valence-corrected chi connectivity index (χ3v) is 5.41. The second-order valence-corrected chi connectivity index (χ2v) is 8.01. The fourth-order valence-corrected chi connectivity index (χ4v) is 3.49. The van der Waals surface area contributed by atoms with Crippen LogP contribution in [0.3, 0.4) is 0 Å². The molecule has 38 heavy (non-hydrogen) atoms. The molecule has 0 aromatic carbocycles. The summed E-state index contributed by atoms with van der Waals surface area (Å²) in [7, 11) is 0. The van der Waals surface area contributed by atoms with Crippen LogP contribution in [-0.2, 0) is 4.74 Å². The van der Waals surface area contributed by atoms with Gasteiger partial charge in [-0.2, -0.15) is 4.98 Å². The van der Waals surface area contributed by atoms with Crippen molar-refractivity contribution in [3.63, 3.8) is 0 Å². The van der Waals surface area contributed by atoms with Crippen LogP contribution in [0.5, 0.6) is 0 Å². The maximum atomic E-state index is 11.6. The summed E-state index contributed by atoms with van der Waals surface area (Å²) in [6.07, 6.45) is 3.74. The number of nitrogens with zero attached hydrogens (tertiary/aromatic N) is 6. The minimum absolute atomic E-state index is 0.0783. The summed E-state index contributed by atoms with van der Waals surface area (Å²) in [5.74, 6) is 0.511. The van der Waals surface area contributed by atoms with Gasteiger partial charge in [-0.15, -0.1) is 0 Å². The summed E-state index contributed by atoms with van der Waals surface area (Å²) in [4.78, 5) is 62.8. The summed E-state index contributed by atoms with van der Waals surface area (Å²) in [6, 6.07) is 0. The minimum Gasteiger partial charge on any atom is -0.394 e. The number of nitrogen functional groups attached to an aromatic ring is 2. The van der Waals surface area contributed by atoms with Gasteiger partial charge in [0, 0.05) is 18.2 Å². The molecule has 0 radical (unpaired) electrons. The van der Waals surface area contributed by atoms with E-state index in [1.54, 1.807) is 6.92 Å². The predicted octanol–water partition coefficient (Wildman–Crippen LogP) is -2.35. The Kier molecular flexibility index (Phi) is 7.55. The minimum atomic E-state index is -0.816. The Hall–Kier alpha value is -4.94. The number of hydrogen-bond donors (Lipinski definition) is 8. The van der Waals surface area contributed by atoms with Crippen molar-refractivity contribution in [3.05, 3.63) is 61.9 Å². The molecular formula is C20H24N12O6. The first-order valence-corrected chi connectivity index (χ1v) is 11.0. The number of aliphatic hydroxyl groups excluding tert-OH is 2. The topological polar surface area (TPSA) is 285 Å². The second kappa shape index (κ2) is 11.0. The standard InChI is InChI=1S/C10H14N2O5.C5H5N5O.C5H5N5/c1-5-3-12(10(16)11-9(5)15)8-2-6(14)7(4-13)17-8;6-5-9-3-2(4(11)10-5)7-1-8-3;6-4-3-5(9-1-7-3)10-2-8-4/h3,6-8,13-14H,2,4H2,1H3,(H,11,15,16);1H,(H4,6,7,8,9,10,11);1-2H,(H3,6,7,8,9,10)/t6-,7+,8+;;/m0../s1. The Morgan fingerprint density at radius 2 is 1.74 bits per heavy atom. The van der Waals surface area contributed by atoms with Crippen LogP contribution in [0.15, 0.2) is 39.6 Å². The van der Waals surface area contributed by atoms with Crippen molar-refractivity contribution in [2.24, 2.45) is 0 Å². The predicted molar refractivity (Wildman–Crippen MR) is 133 cm³/mol. The summed E-state index contributed by atoms with van der Waals surface area (Å²) in [5, 5.41) is 18.5. The Morgan fingerprint density at radius 1 is 1.03 bits per heavy atom. The fraction of sp³-hybridized carbons (Fsp3) is 0.300. The fourth-order valence-electron chi connectivity index (χ4n) is 3.49. The van der Waals surface area contributed by atoms with Crippen molar-refractivity contribution in [2.45, 2.75) is 31.8 Å². The molecule has 1 aliphatic heterocycles. The van der Waals surface area contributed by atoms with E-state index in [0.717, 1.165) is 0 Å². The van der Waals surface area contributed by atoms with Crippen molar-refractivity contribution in [1.29, 1.82) is 0 Å². The molecule has 200 valence electrons. The number of aromatic nitrogens is 10. The molecule has 0 amide bonds. The van der Waals surface area contributed by atoms with Gasteiger partial charge in [-0.05, 0) is 6.92 Å². The number of hydrogen-bond acceptors (Lipinski definition) is 13. The van der Waals surface area contributed by atoms with Gasteiger partial charge in [0.2, 0.25) is 5.95 Å². The number of nitrogens with one attached hydrogen (secondary N) is 4. The average molecular weight is 528 g/mol. The molecule has 0 spiro atoms. The number of aromatic amines is 4. The molecule has 6 heterocycles. The molecule has 3 atom stereocenters. The first kappa shape index (κ1) is 26.1. The molecule has 1 saturated heterocycles. The highest BCUT2D eigenvalue weighted by molar-refractivity contribution is 5.80. The van der Waals surface area contributed by atoms with Crippen molar-refractivity contribution >= 4 is 34.1 Å². The zero-order valence-corrected chi connectivity index (χ0v) is 19.8. The number of H-pyrrole nitrogens is 4. The highest BCUT2D eigenvalue weighted by Crippen LogP contribution is 2.27. The van der Waals surface area contributed by atoms with Gasteiger partial charge in [0.25, 0.3) is 11.1 Å². The van der Waals surface area contributed by atoms with Gasteiger partial charge >= 0.3 is 5.69 Å². The number of imidazole rings is 2. The van der Waals surface area contributed by atoms with Crippen molar-refractivity contribution in [2.75, 3.05) is 18.1 Å². The van der Waals surface area contributed by atoms with Gasteiger partial charge < -0.3 is 36.4 Å². The van der Waals surface area contributed by atoms with Gasteiger partial charge in [0.05, 0.1) is 25.4 Å². The van der Waals surface area contributed by atoms with Gasteiger partial charge in [0.1, 0.15) is 24.2 Å². The zero-order chi connectivity index (χ0) is 27.4. The lowest BCUT2D eigenvalue weighted by Gasteiger charge is -2.14. The van der Waals surface area contributed by atoms with Gasteiger partial charge in [-0.3, -0.25) is 24.1 Å². The Balaban J connectivity index is 0.000000139. The van der Waals surface area contributed by atoms with Crippen LogP contribution in [0.2, 0.25) is 0 Å². The van der Waals surface area contributed by atoms with Crippen LogP contribution in [0.4, 0.5) is 11.8 Å². The van der Waals surface area contributed by atoms with E-state index in [1.807, 2.05) is 0 Å². The summed E-state index contributed by atoms with van der Waals surface area (Å²) < 4.78 is 6.54. The van der Waals surface area contributed by atoms with E-state index in [-0.39, 0.29) is 24.5 Å². The zero-order valence-electron chi connectivity index (χ0n) is 19.8. The number of fused-ring (bicyclic) bond motifs is 2. The SMILES string of the molecule is Cc1cn([C@H]2C[C@H](O)[C@@H](CO)O2)c(=O)[nH]c1=O.Nc1nc2nc[nH]c2c(=O)[nH]1.Nc1ncnc2nc[nH]c12. The third kappa shape index (κ3) is 5.56. The lowest BCUT2D eigenvalue weighted by molar-refractivity contribution is -0.0459. The number of nitrogens with two attached hydrogens (primary N) is 2. The van der Waals surface area contributed by atoms with E-state index in [4.69, 9.17) is 21.3 Å². The number of anilines is 2. The largest absolute Gasteiger partial charge is 0.394 e. The smallest absolute Gasteiger partial charge is 0.330 e. The van der Waals surface area contributed by atoms with Crippen molar-refractivity contribution in [1.82, 2.24) is 49.4 Å². The van der Waals surface area contributed by atoms with Crippen molar-refractivity contribution in [3.8, 4) is 0 Å². The molecular weight excluding hydrogens is 504 g/mol. The van der Waals surface area contributed by atoms with Gasteiger partial charge in [-0.1, -0.05) is 0 Å². The molecule has 0 aliphatic carbocycles. The highest BCUT2D eigenvalue weighted by atomic mass is 16.5. The monoisotopic (exact) mass is 528 g/mol. The Morgan fingerprint density at radius 3 is 2.42 bits per heavy atom. The number of aryl methyl sites for hydroxylation is 1. The molecule has 5 aromatic rings. The van der Waals surface area contributed by atoms with Gasteiger partial charge in [-0.25, -0.2) is 24.7 Å². The maximum Gasteiger partial charge on any atom is 0.330 e. The summed E-state index contributed by atoms with van der Waals surface area (Å²) >= 11 is 0. The summed E-state index contributed by atoms with van der Waals surface area (Å²) in [5.41, 5.74) is 11.8. The van der Waals surface area contributed by atoms with Gasteiger partial charge in [0.15, 0.2) is 22.6 Å². The van der Waals surface area contributed by atoms with Crippen LogP contribution < -0.4 is 28.3 Å². The number of aliphatic hydroxyl groups is 2. The average Bonchev–Trinajstić information content (AvgIpc) is 3.62. The lowest BCUT2D eigenvalue weighted by atomic mass is 10.2. The van der Waals surface area contributed by atoms with Crippen LogP contribution in [-0.4, -0.2) is 78.5 Å². The second-order valence-electron chi connectivity index (χ2n) is 8.01. The van der Waals surface area contributed by atoms with Crippen molar-refractivity contribution < 1.29 is 14.9 Å². The van der Waals surface area contributed by atoms with Crippen LogP contribution >= 0.6 is 0 Å². The normalized spacial score (nSPS) is 18.6. The van der Waals surface area contributed by atoms with Crippen LogP contribution in [0.25, 0.3) is 22.3 Å². The Bertz CT molecular complexity index is 1720. The van der Waals surface area contributed by atoms with Crippen LogP contribution in [0, 0.1) is 6.92 Å². The van der Waals surface area contributed by atoms with E-state index in [1.165, 1.54) is 29.7 Å². The Labute approximate surface area is 210 Å². The number of ether oxygens (including phenoxy) is 1. The van der Waals surface area contributed by atoms with E-state index < -0.39 is 29.7 Å². The first-order chi connectivity index (χ1) is 18.2. The molecule has 6 rings (SSSR count). The first-order valence-electron chi connectivity index (χ1n) is 11.0. The van der Waals surface area contributed by atoms with Crippen LogP contribution in [0.1, 0.15) is 18.2 Å². The number of rotatable bonds is 2. The molecule has 0 bridgehead atoms. The van der Waals surface area contributed by atoms with E-state index in [2.05, 4.69) is 44.9 Å².